The van der Waals surface area contributed by atoms with E-state index >= 15 is 0 Å². The zero-order valence-corrected chi connectivity index (χ0v) is 27.8. The van der Waals surface area contributed by atoms with Crippen molar-refractivity contribution in [1.29, 1.82) is 0 Å². The second-order valence-corrected chi connectivity index (χ2v) is 12.5. The number of methoxy groups -OCH3 is 1. The van der Waals surface area contributed by atoms with Gasteiger partial charge < -0.3 is 34.8 Å². The number of benzene rings is 2. The number of likely N-dealkylation sites (tertiary alicyclic amines) is 2. The molecular formula is C35H38F3N7O6. The van der Waals surface area contributed by atoms with Crippen molar-refractivity contribution in [1.82, 2.24) is 35.1 Å². The molecule has 3 atom stereocenters. The number of H-pyrrole nitrogens is 2. The molecule has 0 saturated carbocycles. The van der Waals surface area contributed by atoms with Crippen LogP contribution in [0.3, 0.4) is 0 Å². The molecule has 0 bridgehead atoms. The normalized spacial score (nSPS) is 18.2. The number of carbonyl (C=O) groups excluding carboxylic acids is 2. The van der Waals surface area contributed by atoms with E-state index < -0.39 is 43.0 Å². The molecule has 4 N–H and O–H groups in total. The average molecular weight is 710 g/mol. The summed E-state index contributed by atoms with van der Waals surface area (Å²) in [5.41, 5.74) is 5.36. The van der Waals surface area contributed by atoms with Crippen molar-refractivity contribution in [2.24, 2.45) is 0 Å². The highest BCUT2D eigenvalue weighted by Gasteiger charge is 2.37. The van der Waals surface area contributed by atoms with Crippen LogP contribution in [-0.2, 0) is 14.3 Å². The SMILES string of the molecule is COC(=O)NC(CCOCC(F)(F)F)C(=O)N1CCCC1c1ncc(-c2ccc(-c3ccc(-c4cnc(C5CCCN5C(=O)O)[nH]4)cc3)cc2)[nH]1. The number of hydrogen-bond acceptors (Lipinski definition) is 7. The quantitative estimate of drug-likeness (QED) is 0.132. The Morgan fingerprint density at radius 3 is 1.84 bits per heavy atom. The predicted octanol–water partition coefficient (Wildman–Crippen LogP) is 6.31. The van der Waals surface area contributed by atoms with Gasteiger partial charge in [0.25, 0.3) is 0 Å². The molecule has 2 aliphatic heterocycles. The Kier molecular flexibility index (Phi) is 10.6. The summed E-state index contributed by atoms with van der Waals surface area (Å²) in [6, 6.07) is 14.1. The Hall–Kier alpha value is -5.38. The standard InChI is InChI=1S/C35H38F3N7O6/c1-50-33(47)43-25(14-17-51-20-35(36,37)38)32(46)44-15-2-4-28(44)30-39-18-26(41-30)23-10-6-21(7-11-23)22-8-12-24(13-9-22)27-19-40-31(42-27)29-5-3-16-45(29)34(48)49/h6-13,18-19,25,28-29H,2-5,14-17,20H2,1H3,(H,39,41)(H,40,42)(H,43,47)(H,48,49). The fourth-order valence-electron chi connectivity index (χ4n) is 6.63. The minimum absolute atomic E-state index is 0.163. The number of rotatable bonds is 11. The number of alkyl halides is 3. The van der Waals surface area contributed by atoms with E-state index in [0.29, 0.717) is 37.6 Å². The van der Waals surface area contributed by atoms with Crippen LogP contribution in [0.2, 0.25) is 0 Å². The average Bonchev–Trinajstić information content (AvgIpc) is 3.95. The molecule has 0 aliphatic carbocycles. The minimum atomic E-state index is -4.50. The lowest BCUT2D eigenvalue weighted by Gasteiger charge is -2.28. The smallest absolute Gasteiger partial charge is 0.411 e. The summed E-state index contributed by atoms with van der Waals surface area (Å²) in [6.07, 6.45) is -0.229. The lowest BCUT2D eigenvalue weighted by atomic mass is 10.0. The van der Waals surface area contributed by atoms with Gasteiger partial charge in [-0.25, -0.2) is 19.6 Å². The third-order valence-corrected chi connectivity index (χ3v) is 9.17. The van der Waals surface area contributed by atoms with E-state index in [1.54, 1.807) is 17.3 Å². The predicted molar refractivity (Wildman–Crippen MR) is 178 cm³/mol. The van der Waals surface area contributed by atoms with Gasteiger partial charge in [0.05, 0.1) is 43.0 Å². The number of aromatic nitrogens is 4. The van der Waals surface area contributed by atoms with E-state index in [9.17, 15) is 32.7 Å². The number of carboxylic acid groups (broad SMARTS) is 1. The van der Waals surface area contributed by atoms with Gasteiger partial charge in [0, 0.05) is 26.1 Å². The number of carbonyl (C=O) groups is 3. The second kappa shape index (κ2) is 15.2. The van der Waals surface area contributed by atoms with Crippen molar-refractivity contribution >= 4 is 18.1 Å². The summed E-state index contributed by atoms with van der Waals surface area (Å²) in [5, 5.41) is 11.9. The van der Waals surface area contributed by atoms with Gasteiger partial charge in [0.2, 0.25) is 5.91 Å². The number of amides is 3. The Morgan fingerprint density at radius 2 is 1.35 bits per heavy atom. The third-order valence-electron chi connectivity index (χ3n) is 9.17. The van der Waals surface area contributed by atoms with Crippen molar-refractivity contribution in [3.05, 3.63) is 72.6 Å². The fraction of sp³-hybridized carbons (Fsp3) is 0.400. The zero-order valence-electron chi connectivity index (χ0n) is 27.8. The number of imidazole rings is 2. The van der Waals surface area contributed by atoms with Crippen LogP contribution in [0.4, 0.5) is 22.8 Å². The first kappa shape index (κ1) is 35.4. The van der Waals surface area contributed by atoms with E-state index in [1.807, 2.05) is 48.5 Å². The van der Waals surface area contributed by atoms with Crippen molar-refractivity contribution in [3.8, 4) is 33.6 Å². The van der Waals surface area contributed by atoms with Crippen molar-refractivity contribution in [2.75, 3.05) is 33.4 Å². The molecule has 2 aliphatic rings. The maximum atomic E-state index is 13.5. The van der Waals surface area contributed by atoms with Gasteiger partial charge in [-0.3, -0.25) is 9.69 Å². The molecule has 4 aromatic rings. The topological polar surface area (TPSA) is 166 Å². The summed E-state index contributed by atoms with van der Waals surface area (Å²) in [7, 11) is 1.14. The maximum absolute atomic E-state index is 13.5. The molecule has 51 heavy (non-hydrogen) atoms. The minimum Gasteiger partial charge on any atom is -0.465 e. The zero-order chi connectivity index (χ0) is 36.1. The molecule has 2 aromatic carbocycles. The maximum Gasteiger partial charge on any atom is 0.411 e. The molecule has 3 unspecified atom stereocenters. The van der Waals surface area contributed by atoms with Crippen molar-refractivity contribution in [2.45, 2.75) is 56.4 Å². The molecule has 2 aromatic heterocycles. The first-order chi connectivity index (χ1) is 24.5. The van der Waals surface area contributed by atoms with Gasteiger partial charge in [-0.15, -0.1) is 0 Å². The van der Waals surface area contributed by atoms with Gasteiger partial charge in [0.1, 0.15) is 24.3 Å². The van der Waals surface area contributed by atoms with E-state index in [-0.39, 0.29) is 19.1 Å². The molecule has 16 heteroatoms. The summed E-state index contributed by atoms with van der Waals surface area (Å²) >= 11 is 0. The van der Waals surface area contributed by atoms with Crippen LogP contribution in [0.25, 0.3) is 33.6 Å². The number of ether oxygens (including phenoxy) is 2. The largest absolute Gasteiger partial charge is 0.465 e. The summed E-state index contributed by atoms with van der Waals surface area (Å²) in [4.78, 5) is 55.6. The summed E-state index contributed by atoms with van der Waals surface area (Å²) < 4.78 is 46.9. The number of nitrogens with one attached hydrogen (secondary N) is 3. The summed E-state index contributed by atoms with van der Waals surface area (Å²) in [6.45, 7) is -0.946. The van der Waals surface area contributed by atoms with Gasteiger partial charge in [-0.1, -0.05) is 48.5 Å². The van der Waals surface area contributed by atoms with Crippen molar-refractivity contribution in [3.63, 3.8) is 0 Å². The van der Waals surface area contributed by atoms with Crippen LogP contribution in [-0.4, -0.2) is 98.6 Å². The second-order valence-electron chi connectivity index (χ2n) is 12.5. The monoisotopic (exact) mass is 709 g/mol. The number of alkyl carbamates (subject to hydrolysis) is 1. The highest BCUT2D eigenvalue weighted by atomic mass is 19.4. The lowest BCUT2D eigenvalue weighted by Crippen LogP contribution is -2.49. The van der Waals surface area contributed by atoms with E-state index in [2.05, 4.69) is 34.7 Å². The number of hydrogen-bond donors (Lipinski definition) is 4. The van der Waals surface area contributed by atoms with Crippen LogP contribution >= 0.6 is 0 Å². The molecule has 0 spiro atoms. The number of nitrogens with zero attached hydrogens (tertiary/aromatic N) is 4. The molecule has 3 amide bonds. The first-order valence-corrected chi connectivity index (χ1v) is 16.6. The number of aromatic amines is 2. The molecule has 0 radical (unpaired) electrons. The Morgan fingerprint density at radius 1 is 0.863 bits per heavy atom. The van der Waals surface area contributed by atoms with E-state index in [4.69, 9.17) is 0 Å². The molecule has 2 fully saturated rings. The van der Waals surface area contributed by atoms with Crippen molar-refractivity contribution < 1.29 is 42.1 Å². The Labute approximate surface area is 291 Å². The molecule has 4 heterocycles. The molecular weight excluding hydrogens is 671 g/mol. The highest BCUT2D eigenvalue weighted by molar-refractivity contribution is 5.86. The fourth-order valence-corrected chi connectivity index (χ4v) is 6.63. The third kappa shape index (κ3) is 8.33. The molecule has 13 nitrogen and oxygen atoms in total. The van der Waals surface area contributed by atoms with E-state index in [0.717, 1.165) is 53.6 Å². The highest BCUT2D eigenvalue weighted by Crippen LogP contribution is 2.34. The Balaban J connectivity index is 1.10. The van der Waals surface area contributed by atoms with Crippen LogP contribution in [0, 0.1) is 0 Å². The number of halogens is 3. The lowest BCUT2D eigenvalue weighted by molar-refractivity contribution is -0.174. The van der Waals surface area contributed by atoms with Gasteiger partial charge in [-0.05, 0) is 47.9 Å². The molecule has 2 saturated heterocycles. The van der Waals surface area contributed by atoms with Crippen LogP contribution in [0.1, 0.15) is 55.8 Å². The van der Waals surface area contributed by atoms with Crippen LogP contribution < -0.4 is 5.32 Å². The van der Waals surface area contributed by atoms with Crippen LogP contribution in [0.5, 0.6) is 0 Å². The van der Waals surface area contributed by atoms with Gasteiger partial charge in [0.15, 0.2) is 0 Å². The van der Waals surface area contributed by atoms with Gasteiger partial charge in [-0.2, -0.15) is 13.2 Å². The first-order valence-electron chi connectivity index (χ1n) is 16.6. The Bertz CT molecular complexity index is 1830. The van der Waals surface area contributed by atoms with E-state index in [1.165, 1.54) is 4.90 Å². The van der Waals surface area contributed by atoms with Crippen LogP contribution in [0.15, 0.2) is 60.9 Å². The van der Waals surface area contributed by atoms with Gasteiger partial charge >= 0.3 is 18.4 Å². The summed E-state index contributed by atoms with van der Waals surface area (Å²) in [5.74, 6) is 0.747. The molecule has 6 rings (SSSR count). The molecule has 270 valence electrons.